The van der Waals surface area contributed by atoms with Crippen molar-refractivity contribution in [2.45, 2.75) is 45.1 Å². The highest BCUT2D eigenvalue weighted by atomic mass is 16.7. The number of hydrogen-bond donors (Lipinski definition) is 0. The molecule has 0 aromatic carbocycles. The molecule has 15 heavy (non-hydrogen) atoms. The molecule has 3 nitrogen and oxygen atoms in total. The van der Waals surface area contributed by atoms with Crippen LogP contribution in [0.25, 0.3) is 0 Å². The number of ketones is 1. The van der Waals surface area contributed by atoms with Gasteiger partial charge in [0.1, 0.15) is 12.6 Å². The van der Waals surface area contributed by atoms with Crippen molar-refractivity contribution in [3.05, 3.63) is 0 Å². The predicted octanol–water partition coefficient (Wildman–Crippen LogP) is 2.14. The number of carbonyl (C=O) groups is 1. The molecule has 0 aliphatic heterocycles. The Hall–Kier alpha value is -0.410. The third kappa shape index (κ3) is 1.95. The zero-order chi connectivity index (χ0) is 10.9. The summed E-state index contributed by atoms with van der Waals surface area (Å²) in [5.74, 6) is 0.977. The Morgan fingerprint density at radius 1 is 1.47 bits per heavy atom. The van der Waals surface area contributed by atoms with Gasteiger partial charge in [-0.3, -0.25) is 4.79 Å². The maximum atomic E-state index is 11.4. The minimum atomic E-state index is 0.215. The predicted molar refractivity (Wildman–Crippen MR) is 56.4 cm³/mol. The van der Waals surface area contributed by atoms with Gasteiger partial charge in [-0.1, -0.05) is 6.92 Å². The fourth-order valence-electron chi connectivity index (χ4n) is 3.18. The minimum Gasteiger partial charge on any atom is -0.359 e. The normalized spacial score (nSPS) is 40.5. The highest BCUT2D eigenvalue weighted by Gasteiger charge is 2.49. The van der Waals surface area contributed by atoms with Crippen LogP contribution < -0.4 is 0 Å². The summed E-state index contributed by atoms with van der Waals surface area (Å²) in [6, 6.07) is 0. The highest BCUT2D eigenvalue weighted by Crippen LogP contribution is 2.52. The average Bonchev–Trinajstić information content (AvgIpc) is 2.53. The molecular formula is C12H20O3. The van der Waals surface area contributed by atoms with Crippen LogP contribution in [0.5, 0.6) is 0 Å². The van der Waals surface area contributed by atoms with Gasteiger partial charge in [0, 0.05) is 20.0 Å². The second-order valence-corrected chi connectivity index (χ2v) is 5.08. The average molecular weight is 212 g/mol. The quantitative estimate of drug-likeness (QED) is 0.672. The zero-order valence-corrected chi connectivity index (χ0v) is 9.62. The van der Waals surface area contributed by atoms with Crippen LogP contribution in [0.2, 0.25) is 0 Å². The monoisotopic (exact) mass is 212 g/mol. The van der Waals surface area contributed by atoms with Gasteiger partial charge < -0.3 is 9.47 Å². The largest absolute Gasteiger partial charge is 0.359 e. The molecule has 0 N–H and O–H groups in total. The number of fused-ring (bicyclic) bond motifs is 1. The van der Waals surface area contributed by atoms with Crippen LogP contribution >= 0.6 is 0 Å². The lowest BCUT2D eigenvalue weighted by Crippen LogP contribution is -2.39. The lowest BCUT2D eigenvalue weighted by molar-refractivity contribution is -0.134. The molecule has 0 aromatic heterocycles. The number of ether oxygens (including phenoxy) is 2. The molecule has 0 aromatic rings. The summed E-state index contributed by atoms with van der Waals surface area (Å²) in [6.07, 6.45) is 5.00. The van der Waals surface area contributed by atoms with E-state index < -0.39 is 0 Å². The zero-order valence-electron chi connectivity index (χ0n) is 9.62. The maximum Gasteiger partial charge on any atom is 0.146 e. The van der Waals surface area contributed by atoms with Crippen molar-refractivity contribution >= 4 is 5.78 Å². The van der Waals surface area contributed by atoms with Crippen molar-refractivity contribution in [2.75, 3.05) is 13.9 Å². The van der Waals surface area contributed by atoms with Gasteiger partial charge in [0.2, 0.25) is 0 Å². The molecule has 2 fully saturated rings. The highest BCUT2D eigenvalue weighted by molar-refractivity contribution is 5.79. The first-order valence-corrected chi connectivity index (χ1v) is 5.79. The van der Waals surface area contributed by atoms with E-state index in [0.29, 0.717) is 18.5 Å². The second-order valence-electron chi connectivity index (χ2n) is 5.08. The number of Topliss-reactive ketones (excluding diaryl/α,β-unsaturated/α-hetero) is 1. The molecule has 2 rings (SSSR count). The van der Waals surface area contributed by atoms with Crippen LogP contribution in [-0.2, 0) is 14.3 Å². The first-order valence-electron chi connectivity index (χ1n) is 5.79. The summed E-state index contributed by atoms with van der Waals surface area (Å²) < 4.78 is 10.7. The van der Waals surface area contributed by atoms with Gasteiger partial charge >= 0.3 is 0 Å². The van der Waals surface area contributed by atoms with Gasteiger partial charge in [0.15, 0.2) is 0 Å². The fraction of sp³-hybridized carbons (Fsp3) is 0.917. The van der Waals surface area contributed by atoms with E-state index in [4.69, 9.17) is 9.47 Å². The van der Waals surface area contributed by atoms with Gasteiger partial charge in [-0.2, -0.15) is 0 Å². The molecule has 2 aliphatic carbocycles. The van der Waals surface area contributed by atoms with Crippen LogP contribution in [0.3, 0.4) is 0 Å². The van der Waals surface area contributed by atoms with Crippen LogP contribution in [0, 0.1) is 11.3 Å². The number of carbonyl (C=O) groups excluding carboxylic acids is 1. The molecular weight excluding hydrogens is 192 g/mol. The minimum absolute atomic E-state index is 0.215. The van der Waals surface area contributed by atoms with E-state index in [1.807, 2.05) is 0 Å². The Morgan fingerprint density at radius 2 is 2.27 bits per heavy atom. The molecule has 0 amide bonds. The third-order valence-corrected chi connectivity index (χ3v) is 4.25. The summed E-state index contributed by atoms with van der Waals surface area (Å²) in [4.78, 5) is 11.4. The van der Waals surface area contributed by atoms with Crippen LogP contribution in [-0.4, -0.2) is 25.8 Å². The summed E-state index contributed by atoms with van der Waals surface area (Å²) in [6.45, 7) is 2.65. The Morgan fingerprint density at radius 3 is 3.00 bits per heavy atom. The molecule has 0 saturated heterocycles. The SMILES string of the molecule is COCO[C@H]1CCC2CC(=O)CC[C@@]21C. The van der Waals surface area contributed by atoms with Gasteiger partial charge in [-0.25, -0.2) is 0 Å². The van der Waals surface area contributed by atoms with Crippen LogP contribution in [0.4, 0.5) is 0 Å². The summed E-state index contributed by atoms with van der Waals surface area (Å²) >= 11 is 0. The summed E-state index contributed by atoms with van der Waals surface area (Å²) in [5, 5.41) is 0. The van der Waals surface area contributed by atoms with E-state index in [2.05, 4.69) is 6.92 Å². The van der Waals surface area contributed by atoms with Gasteiger partial charge in [0.25, 0.3) is 0 Å². The Balaban J connectivity index is 2.02. The Bertz CT molecular complexity index is 251. The van der Waals surface area contributed by atoms with Crippen molar-refractivity contribution in [1.82, 2.24) is 0 Å². The Labute approximate surface area is 91.1 Å². The van der Waals surface area contributed by atoms with E-state index in [1.54, 1.807) is 7.11 Å². The van der Waals surface area contributed by atoms with E-state index in [-0.39, 0.29) is 11.5 Å². The standard InChI is InChI=1S/C12H20O3/c1-12-6-5-10(13)7-9(12)3-4-11(12)15-8-14-2/h9,11H,3-8H2,1-2H3/t9?,11-,12-/m0/s1. The van der Waals surface area contributed by atoms with Crippen molar-refractivity contribution in [3.8, 4) is 0 Å². The van der Waals surface area contributed by atoms with E-state index in [0.717, 1.165) is 32.1 Å². The maximum absolute atomic E-state index is 11.4. The summed E-state index contributed by atoms with van der Waals surface area (Å²) in [5.41, 5.74) is 0.215. The van der Waals surface area contributed by atoms with Crippen molar-refractivity contribution in [3.63, 3.8) is 0 Å². The number of hydrogen-bond acceptors (Lipinski definition) is 3. The van der Waals surface area contributed by atoms with Crippen molar-refractivity contribution in [2.24, 2.45) is 11.3 Å². The van der Waals surface area contributed by atoms with Gasteiger partial charge in [-0.05, 0) is 30.6 Å². The molecule has 0 heterocycles. The van der Waals surface area contributed by atoms with Gasteiger partial charge in [0.05, 0.1) is 6.10 Å². The molecule has 0 bridgehead atoms. The summed E-state index contributed by atoms with van der Waals surface area (Å²) in [7, 11) is 1.65. The van der Waals surface area contributed by atoms with E-state index in [9.17, 15) is 4.79 Å². The second kappa shape index (κ2) is 4.22. The van der Waals surface area contributed by atoms with Crippen molar-refractivity contribution in [1.29, 1.82) is 0 Å². The molecule has 3 heteroatoms. The molecule has 2 saturated carbocycles. The first-order chi connectivity index (χ1) is 7.16. The molecule has 86 valence electrons. The molecule has 3 atom stereocenters. The third-order valence-electron chi connectivity index (χ3n) is 4.25. The van der Waals surface area contributed by atoms with Crippen LogP contribution in [0.15, 0.2) is 0 Å². The molecule has 1 unspecified atom stereocenters. The molecule has 0 spiro atoms. The van der Waals surface area contributed by atoms with Crippen LogP contribution in [0.1, 0.15) is 39.0 Å². The number of rotatable bonds is 3. The number of methoxy groups -OCH3 is 1. The van der Waals surface area contributed by atoms with Gasteiger partial charge in [-0.15, -0.1) is 0 Å². The lowest BCUT2D eigenvalue weighted by Gasteiger charge is -2.39. The molecule has 0 radical (unpaired) electrons. The van der Waals surface area contributed by atoms with Crippen molar-refractivity contribution < 1.29 is 14.3 Å². The van der Waals surface area contributed by atoms with E-state index in [1.165, 1.54) is 0 Å². The topological polar surface area (TPSA) is 35.5 Å². The molecule has 2 aliphatic rings. The van der Waals surface area contributed by atoms with E-state index >= 15 is 0 Å². The lowest BCUT2D eigenvalue weighted by atomic mass is 9.68. The Kier molecular flexibility index (Phi) is 3.12. The fourth-order valence-corrected chi connectivity index (χ4v) is 3.18. The smallest absolute Gasteiger partial charge is 0.146 e. The first kappa shape index (κ1) is 11.1.